The molecule has 0 aliphatic carbocycles. The molecule has 3 aromatic rings. The van der Waals surface area contributed by atoms with Gasteiger partial charge in [-0.15, -0.1) is 11.8 Å². The molecule has 0 spiro atoms. The molecule has 4 rings (SSSR count). The van der Waals surface area contributed by atoms with Crippen LogP contribution in [0.1, 0.15) is 26.9 Å². The highest BCUT2D eigenvalue weighted by Crippen LogP contribution is 2.37. The zero-order chi connectivity index (χ0) is 26.9. The number of carboxylic acid groups (broad SMARTS) is 1. The second kappa shape index (κ2) is 13.2. The third-order valence-electron chi connectivity index (χ3n) is 6.36. The van der Waals surface area contributed by atoms with Gasteiger partial charge in [0.15, 0.2) is 0 Å². The van der Waals surface area contributed by atoms with Crippen molar-refractivity contribution in [2.75, 3.05) is 18.8 Å². The van der Waals surface area contributed by atoms with Crippen LogP contribution in [0.15, 0.2) is 91.0 Å². The van der Waals surface area contributed by atoms with Crippen LogP contribution in [0.4, 0.5) is 0 Å². The Morgan fingerprint density at radius 1 is 0.947 bits per heavy atom. The molecule has 1 saturated heterocycles. The summed E-state index contributed by atoms with van der Waals surface area (Å²) in [7, 11) is 0. The SMILES string of the molecule is O=C(O)CN1C(=O)[C@H](NCC(O)C(Cc2ccccc2)NC(=O)c2ccccc2)CS[C@@H]1c1ccccc1. The van der Waals surface area contributed by atoms with Crippen LogP contribution >= 0.6 is 11.8 Å². The van der Waals surface area contributed by atoms with Crippen molar-refractivity contribution in [3.63, 3.8) is 0 Å². The lowest BCUT2D eigenvalue weighted by Crippen LogP contribution is -2.56. The van der Waals surface area contributed by atoms with Crippen molar-refractivity contribution in [1.29, 1.82) is 0 Å². The maximum Gasteiger partial charge on any atom is 0.323 e. The number of rotatable bonds is 11. The molecule has 2 amide bonds. The number of hydrogen-bond donors (Lipinski definition) is 4. The molecule has 0 bridgehead atoms. The molecule has 0 saturated carbocycles. The normalized spacial score (nSPS) is 19.0. The van der Waals surface area contributed by atoms with Crippen LogP contribution in [0, 0.1) is 0 Å². The van der Waals surface area contributed by atoms with Crippen LogP contribution in [0.2, 0.25) is 0 Å². The second-order valence-electron chi connectivity index (χ2n) is 9.12. The number of nitrogens with zero attached hydrogens (tertiary/aromatic N) is 1. The smallest absolute Gasteiger partial charge is 0.323 e. The van der Waals surface area contributed by atoms with Gasteiger partial charge < -0.3 is 25.7 Å². The van der Waals surface area contributed by atoms with Crippen molar-refractivity contribution >= 4 is 29.5 Å². The number of carbonyl (C=O) groups excluding carboxylic acids is 2. The summed E-state index contributed by atoms with van der Waals surface area (Å²) in [5, 5.41) is 26.2. The summed E-state index contributed by atoms with van der Waals surface area (Å²) in [4.78, 5) is 39.1. The van der Waals surface area contributed by atoms with Crippen LogP contribution in [0.5, 0.6) is 0 Å². The average molecular weight is 534 g/mol. The van der Waals surface area contributed by atoms with Gasteiger partial charge in [0.05, 0.1) is 18.2 Å². The molecule has 0 aromatic heterocycles. The first-order chi connectivity index (χ1) is 18.4. The largest absolute Gasteiger partial charge is 0.480 e. The van der Waals surface area contributed by atoms with E-state index in [-0.39, 0.29) is 18.4 Å². The number of carbonyl (C=O) groups is 3. The fourth-order valence-corrected chi connectivity index (χ4v) is 5.75. The zero-order valence-electron chi connectivity index (χ0n) is 20.8. The van der Waals surface area contributed by atoms with Gasteiger partial charge in [0.2, 0.25) is 5.91 Å². The van der Waals surface area contributed by atoms with Crippen molar-refractivity contribution < 1.29 is 24.6 Å². The lowest BCUT2D eigenvalue weighted by molar-refractivity contribution is -0.146. The predicted octanol–water partition coefficient (Wildman–Crippen LogP) is 2.71. The van der Waals surface area contributed by atoms with Crippen LogP contribution in [-0.4, -0.2) is 69.9 Å². The molecule has 1 fully saturated rings. The maximum absolute atomic E-state index is 13.3. The van der Waals surface area contributed by atoms with Crippen LogP contribution in [-0.2, 0) is 16.0 Å². The lowest BCUT2D eigenvalue weighted by Gasteiger charge is -2.39. The first-order valence-electron chi connectivity index (χ1n) is 12.4. The summed E-state index contributed by atoms with van der Waals surface area (Å²) < 4.78 is 0. The van der Waals surface area contributed by atoms with Crippen LogP contribution < -0.4 is 10.6 Å². The van der Waals surface area contributed by atoms with E-state index in [1.54, 1.807) is 24.3 Å². The topological polar surface area (TPSA) is 119 Å². The van der Waals surface area contributed by atoms with E-state index in [0.29, 0.717) is 17.7 Å². The summed E-state index contributed by atoms with van der Waals surface area (Å²) in [5.41, 5.74) is 2.30. The summed E-state index contributed by atoms with van der Waals surface area (Å²) >= 11 is 1.48. The number of aliphatic hydroxyl groups excluding tert-OH is 1. The molecule has 4 N–H and O–H groups in total. The van der Waals surface area contributed by atoms with Gasteiger partial charge in [-0.25, -0.2) is 0 Å². The highest BCUT2D eigenvalue weighted by atomic mass is 32.2. The molecule has 8 nitrogen and oxygen atoms in total. The van der Waals surface area contributed by atoms with Crippen LogP contribution in [0.25, 0.3) is 0 Å². The van der Waals surface area contributed by atoms with Gasteiger partial charge in [-0.1, -0.05) is 78.9 Å². The van der Waals surface area contributed by atoms with Crippen molar-refractivity contribution in [3.05, 3.63) is 108 Å². The van der Waals surface area contributed by atoms with Gasteiger partial charge in [0.25, 0.3) is 5.91 Å². The molecule has 38 heavy (non-hydrogen) atoms. The summed E-state index contributed by atoms with van der Waals surface area (Å²) in [6.07, 6.45) is -0.600. The van der Waals surface area contributed by atoms with E-state index in [2.05, 4.69) is 10.6 Å². The fraction of sp³-hybridized carbons (Fsp3) is 0.276. The molecule has 198 valence electrons. The van der Waals surface area contributed by atoms with Crippen molar-refractivity contribution in [2.45, 2.75) is 30.0 Å². The van der Waals surface area contributed by atoms with E-state index in [9.17, 15) is 24.6 Å². The quantitative estimate of drug-likeness (QED) is 0.299. The second-order valence-corrected chi connectivity index (χ2v) is 10.2. The lowest BCUT2D eigenvalue weighted by atomic mass is 10.00. The summed E-state index contributed by atoms with van der Waals surface area (Å²) in [5.74, 6) is -1.30. The number of thioether (sulfide) groups is 1. The molecule has 3 aromatic carbocycles. The Morgan fingerprint density at radius 3 is 2.18 bits per heavy atom. The molecular weight excluding hydrogens is 502 g/mol. The zero-order valence-corrected chi connectivity index (χ0v) is 21.6. The Labute approximate surface area is 226 Å². The van der Waals surface area contributed by atoms with E-state index >= 15 is 0 Å². The Morgan fingerprint density at radius 2 is 1.55 bits per heavy atom. The number of benzene rings is 3. The fourth-order valence-electron chi connectivity index (χ4n) is 4.41. The van der Waals surface area contributed by atoms with E-state index in [1.807, 2.05) is 66.7 Å². The standard InChI is InChI=1S/C29H31N3O5S/c33-25(23(16-20-10-4-1-5-11-20)31-27(36)21-12-6-2-7-13-21)17-30-24-19-38-29(22-14-8-3-9-15-22)32(28(24)37)18-26(34)35/h1-15,23-25,29-30,33H,16-19H2,(H,31,36)(H,34,35)/t23?,24-,25?,29-/m1/s1. The summed E-state index contributed by atoms with van der Waals surface area (Å²) in [6.45, 7) is -0.379. The van der Waals surface area contributed by atoms with Crippen LogP contribution in [0.3, 0.4) is 0 Å². The average Bonchev–Trinajstić information content (AvgIpc) is 2.94. The van der Waals surface area contributed by atoms with Gasteiger partial charge in [0, 0.05) is 17.9 Å². The van der Waals surface area contributed by atoms with Gasteiger partial charge in [-0.05, 0) is 29.7 Å². The van der Waals surface area contributed by atoms with Gasteiger partial charge >= 0.3 is 5.97 Å². The van der Waals surface area contributed by atoms with E-state index < -0.39 is 36.1 Å². The number of aliphatic carboxylic acids is 1. The molecule has 1 heterocycles. The molecule has 0 radical (unpaired) electrons. The van der Waals surface area contributed by atoms with Crippen molar-refractivity contribution in [3.8, 4) is 0 Å². The van der Waals surface area contributed by atoms with E-state index in [4.69, 9.17) is 0 Å². The Balaban J connectivity index is 1.44. The Hall–Kier alpha value is -3.66. The Kier molecular flexibility index (Phi) is 9.53. The van der Waals surface area contributed by atoms with E-state index in [1.165, 1.54) is 16.7 Å². The molecule has 1 aliphatic heterocycles. The Bertz CT molecular complexity index is 1210. The summed E-state index contributed by atoms with van der Waals surface area (Å²) in [6, 6.07) is 26.4. The number of aliphatic hydroxyl groups is 1. The number of hydrogen-bond acceptors (Lipinski definition) is 6. The molecule has 2 unspecified atom stereocenters. The predicted molar refractivity (Wildman–Crippen MR) is 147 cm³/mol. The van der Waals surface area contributed by atoms with Crippen molar-refractivity contribution in [1.82, 2.24) is 15.5 Å². The molecular formula is C29H31N3O5S. The van der Waals surface area contributed by atoms with E-state index in [0.717, 1.165) is 11.1 Å². The first-order valence-corrected chi connectivity index (χ1v) is 13.5. The maximum atomic E-state index is 13.3. The number of amides is 2. The third kappa shape index (κ3) is 7.22. The minimum Gasteiger partial charge on any atom is -0.480 e. The number of nitrogens with one attached hydrogen (secondary N) is 2. The number of carboxylic acids is 1. The molecule has 9 heteroatoms. The molecule has 1 aliphatic rings. The highest BCUT2D eigenvalue weighted by Gasteiger charge is 2.38. The monoisotopic (exact) mass is 533 g/mol. The third-order valence-corrected chi connectivity index (χ3v) is 7.73. The minimum absolute atomic E-state index is 0.0421. The van der Waals surface area contributed by atoms with Crippen molar-refractivity contribution in [2.24, 2.45) is 0 Å². The minimum atomic E-state index is -1.09. The van der Waals surface area contributed by atoms with Gasteiger partial charge in [-0.2, -0.15) is 0 Å². The molecule has 4 atom stereocenters. The highest BCUT2D eigenvalue weighted by molar-refractivity contribution is 7.99. The van der Waals surface area contributed by atoms with Gasteiger partial charge in [0.1, 0.15) is 11.9 Å². The first kappa shape index (κ1) is 27.4. The van der Waals surface area contributed by atoms with Gasteiger partial charge in [-0.3, -0.25) is 14.4 Å².